The lowest BCUT2D eigenvalue weighted by Crippen LogP contribution is -2.21. The van der Waals surface area contributed by atoms with E-state index in [1.807, 2.05) is 0 Å². The average Bonchev–Trinajstić information content (AvgIpc) is 2.22. The Hall–Kier alpha value is -1.15. The first kappa shape index (κ1) is 13.9. The number of hydrogen-bond acceptors (Lipinski definition) is 2. The van der Waals surface area contributed by atoms with Crippen LogP contribution >= 0.6 is 0 Å². The molecule has 1 aromatic rings. The highest BCUT2D eigenvalue weighted by Gasteiger charge is 2.11. The number of nitrogens with zero attached hydrogens (tertiary/aromatic N) is 1. The van der Waals surface area contributed by atoms with Crippen molar-refractivity contribution in [3.63, 3.8) is 0 Å². The van der Waals surface area contributed by atoms with Crippen LogP contribution in [0.1, 0.15) is 49.7 Å². The number of hydrogen-bond donors (Lipinski definition) is 1. The lowest BCUT2D eigenvalue weighted by Gasteiger charge is -2.19. The van der Waals surface area contributed by atoms with Gasteiger partial charge in [-0.25, -0.2) is 0 Å². The number of aryl methyl sites for hydroxylation is 2. The number of nitrogens with one attached hydrogen (secondary N) is 1. The molecule has 1 atom stereocenters. The largest absolute Gasteiger partial charge is 0.310 e. The smallest absolute Gasteiger partial charge is 0.0379 e. The van der Waals surface area contributed by atoms with Gasteiger partial charge in [0.15, 0.2) is 0 Å². The Bertz CT molecular complexity index is 362. The maximum atomic E-state index is 4.43. The first-order valence-electron chi connectivity index (χ1n) is 6.36. The molecule has 0 fully saturated rings. The van der Waals surface area contributed by atoms with Gasteiger partial charge in [0.1, 0.15) is 0 Å². The number of pyridine rings is 1. The normalized spacial score (nSPS) is 12.5. The van der Waals surface area contributed by atoms with Crippen molar-refractivity contribution in [2.24, 2.45) is 0 Å². The van der Waals surface area contributed by atoms with E-state index in [1.54, 1.807) is 0 Å². The lowest BCUT2D eigenvalue weighted by atomic mass is 9.99. The molecule has 2 nitrogen and oxygen atoms in total. The van der Waals surface area contributed by atoms with Crippen LogP contribution in [0.3, 0.4) is 0 Å². The van der Waals surface area contributed by atoms with Crippen molar-refractivity contribution >= 4 is 0 Å². The fourth-order valence-corrected chi connectivity index (χ4v) is 2.09. The van der Waals surface area contributed by atoms with E-state index in [9.17, 15) is 0 Å². The maximum absolute atomic E-state index is 4.43. The minimum atomic E-state index is 0.414. The first-order chi connectivity index (χ1) is 8.02. The molecule has 0 bridgehead atoms. The van der Waals surface area contributed by atoms with Crippen molar-refractivity contribution in [1.82, 2.24) is 10.3 Å². The zero-order valence-corrected chi connectivity index (χ0v) is 11.5. The second-order valence-corrected chi connectivity index (χ2v) is 4.79. The third kappa shape index (κ3) is 4.70. The van der Waals surface area contributed by atoms with Crippen LogP contribution in [-0.4, -0.2) is 11.5 Å². The molecule has 1 unspecified atom stereocenters. The Kier molecular flexibility index (Phi) is 5.36. The van der Waals surface area contributed by atoms with E-state index < -0.39 is 0 Å². The molecule has 94 valence electrons. The van der Waals surface area contributed by atoms with Gasteiger partial charge in [-0.15, -0.1) is 6.58 Å². The molecule has 2 heteroatoms. The molecule has 1 heterocycles. The Labute approximate surface area is 105 Å². The van der Waals surface area contributed by atoms with Gasteiger partial charge in [-0.1, -0.05) is 12.5 Å². The maximum Gasteiger partial charge on any atom is 0.0379 e. The molecule has 1 N–H and O–H groups in total. The van der Waals surface area contributed by atoms with E-state index in [4.69, 9.17) is 0 Å². The van der Waals surface area contributed by atoms with Gasteiger partial charge in [0, 0.05) is 17.4 Å². The van der Waals surface area contributed by atoms with Crippen LogP contribution in [0, 0.1) is 13.8 Å². The second kappa shape index (κ2) is 6.55. The van der Waals surface area contributed by atoms with Gasteiger partial charge < -0.3 is 5.32 Å². The van der Waals surface area contributed by atoms with Crippen molar-refractivity contribution in [3.8, 4) is 0 Å². The average molecular weight is 232 g/mol. The van der Waals surface area contributed by atoms with Gasteiger partial charge in [-0.05, 0) is 57.9 Å². The van der Waals surface area contributed by atoms with Crippen molar-refractivity contribution in [3.05, 3.63) is 41.2 Å². The Morgan fingerprint density at radius 2 is 1.94 bits per heavy atom. The van der Waals surface area contributed by atoms with E-state index in [1.165, 1.54) is 11.1 Å². The molecular weight excluding hydrogens is 208 g/mol. The van der Waals surface area contributed by atoms with Crippen molar-refractivity contribution in [1.29, 1.82) is 0 Å². The Balaban J connectivity index is 2.84. The number of aromatic nitrogens is 1. The summed E-state index contributed by atoms with van der Waals surface area (Å²) in [6.45, 7) is 13.3. The summed E-state index contributed by atoms with van der Waals surface area (Å²) in [5, 5.41) is 3.54. The summed E-state index contributed by atoms with van der Waals surface area (Å²) in [6, 6.07) is 4.77. The molecule has 0 amide bonds. The van der Waals surface area contributed by atoms with Crippen molar-refractivity contribution in [2.45, 2.75) is 46.6 Å². The Morgan fingerprint density at radius 3 is 2.41 bits per heavy atom. The zero-order chi connectivity index (χ0) is 12.8. The molecule has 17 heavy (non-hydrogen) atoms. The van der Waals surface area contributed by atoms with E-state index in [-0.39, 0.29) is 0 Å². The zero-order valence-electron chi connectivity index (χ0n) is 11.5. The topological polar surface area (TPSA) is 24.9 Å². The number of allylic oxidation sites excluding steroid dienone is 1. The van der Waals surface area contributed by atoms with Crippen molar-refractivity contribution in [2.75, 3.05) is 6.54 Å². The minimum absolute atomic E-state index is 0.414. The standard InChI is InChI=1S/C15H24N2/c1-6-16-15(8-7-11(2)3)14-9-12(4)17-13(5)10-14/h9-10,15-16H,2,6-8H2,1,3-5H3. The predicted octanol–water partition coefficient (Wildman–Crippen LogP) is 3.71. The molecule has 0 spiro atoms. The summed E-state index contributed by atoms with van der Waals surface area (Å²) in [6.07, 6.45) is 2.17. The van der Waals surface area contributed by atoms with Gasteiger partial charge in [-0.3, -0.25) is 4.98 Å². The third-order valence-corrected chi connectivity index (χ3v) is 2.82. The molecule has 0 aliphatic heterocycles. The van der Waals surface area contributed by atoms with Gasteiger partial charge in [0.05, 0.1) is 0 Å². The molecule has 1 rings (SSSR count). The van der Waals surface area contributed by atoms with Crippen LogP contribution in [0.15, 0.2) is 24.3 Å². The lowest BCUT2D eigenvalue weighted by molar-refractivity contribution is 0.513. The van der Waals surface area contributed by atoms with Crippen LogP contribution in [0.25, 0.3) is 0 Å². The van der Waals surface area contributed by atoms with Crippen molar-refractivity contribution < 1.29 is 0 Å². The summed E-state index contributed by atoms with van der Waals surface area (Å²) in [7, 11) is 0. The van der Waals surface area contributed by atoms with E-state index in [0.29, 0.717) is 6.04 Å². The highest BCUT2D eigenvalue weighted by molar-refractivity contribution is 5.23. The monoisotopic (exact) mass is 232 g/mol. The van der Waals surface area contributed by atoms with E-state index in [2.05, 4.69) is 56.7 Å². The fraction of sp³-hybridized carbons (Fsp3) is 0.533. The highest BCUT2D eigenvalue weighted by atomic mass is 14.9. The van der Waals surface area contributed by atoms with Crippen LogP contribution < -0.4 is 5.32 Å². The molecule has 0 aromatic carbocycles. The summed E-state index contributed by atoms with van der Waals surface area (Å²) in [4.78, 5) is 4.43. The molecule has 0 saturated heterocycles. The van der Waals surface area contributed by atoms with Gasteiger partial charge >= 0.3 is 0 Å². The second-order valence-electron chi connectivity index (χ2n) is 4.79. The molecular formula is C15H24N2. The quantitative estimate of drug-likeness (QED) is 0.756. The molecule has 0 saturated carbocycles. The fourth-order valence-electron chi connectivity index (χ4n) is 2.09. The predicted molar refractivity (Wildman–Crippen MR) is 74.2 cm³/mol. The van der Waals surface area contributed by atoms with E-state index in [0.717, 1.165) is 30.8 Å². The van der Waals surface area contributed by atoms with Gasteiger partial charge in [0.2, 0.25) is 0 Å². The van der Waals surface area contributed by atoms with Crippen LogP contribution in [0.2, 0.25) is 0 Å². The van der Waals surface area contributed by atoms with Crippen LogP contribution in [0.5, 0.6) is 0 Å². The highest BCUT2D eigenvalue weighted by Crippen LogP contribution is 2.21. The minimum Gasteiger partial charge on any atom is -0.310 e. The SMILES string of the molecule is C=C(C)CCC(NCC)c1cc(C)nc(C)c1. The van der Waals surface area contributed by atoms with Crippen LogP contribution in [0.4, 0.5) is 0 Å². The van der Waals surface area contributed by atoms with Crippen LogP contribution in [-0.2, 0) is 0 Å². The summed E-state index contributed by atoms with van der Waals surface area (Å²) in [5.41, 5.74) is 4.78. The summed E-state index contributed by atoms with van der Waals surface area (Å²) in [5.74, 6) is 0. The van der Waals surface area contributed by atoms with Gasteiger partial charge in [-0.2, -0.15) is 0 Å². The Morgan fingerprint density at radius 1 is 1.35 bits per heavy atom. The van der Waals surface area contributed by atoms with Gasteiger partial charge in [0.25, 0.3) is 0 Å². The molecule has 0 aliphatic carbocycles. The van der Waals surface area contributed by atoms with E-state index >= 15 is 0 Å². The summed E-state index contributed by atoms with van der Waals surface area (Å²) >= 11 is 0. The first-order valence-corrected chi connectivity index (χ1v) is 6.36. The summed E-state index contributed by atoms with van der Waals surface area (Å²) < 4.78 is 0. The molecule has 0 radical (unpaired) electrons. The number of rotatable bonds is 6. The third-order valence-electron chi connectivity index (χ3n) is 2.82. The molecule has 1 aromatic heterocycles. The molecule has 0 aliphatic rings.